The number of nitrogens with zero attached hydrogens (tertiary/aromatic N) is 1. The Bertz CT molecular complexity index is 1070. The first kappa shape index (κ1) is 24.6. The molecule has 3 rings (SSSR count). The highest BCUT2D eigenvalue weighted by atomic mass is 16.5. The molecule has 178 valence electrons. The molecule has 0 unspecified atom stereocenters. The molecule has 0 bridgehead atoms. The molecule has 6 nitrogen and oxygen atoms in total. The minimum Gasteiger partial charge on any atom is -0.488 e. The Morgan fingerprint density at radius 3 is 2.55 bits per heavy atom. The van der Waals surface area contributed by atoms with E-state index in [0.717, 1.165) is 71.4 Å². The summed E-state index contributed by atoms with van der Waals surface area (Å²) >= 11 is 0. The number of hydrogen-bond donors (Lipinski definition) is 3. The van der Waals surface area contributed by atoms with E-state index in [1.54, 1.807) is 0 Å². The monoisotopic (exact) mass is 450 g/mol. The van der Waals surface area contributed by atoms with Crippen molar-refractivity contribution in [3.8, 4) is 5.75 Å². The van der Waals surface area contributed by atoms with Gasteiger partial charge in [-0.25, -0.2) is 0 Å². The van der Waals surface area contributed by atoms with Crippen molar-refractivity contribution in [1.82, 2.24) is 15.2 Å². The van der Waals surface area contributed by atoms with Gasteiger partial charge in [-0.1, -0.05) is 20.4 Å². The van der Waals surface area contributed by atoms with Crippen molar-refractivity contribution in [1.29, 1.82) is 0 Å². The van der Waals surface area contributed by atoms with Gasteiger partial charge in [-0.05, 0) is 77.5 Å². The molecule has 1 aromatic heterocycles. The fraction of sp³-hybridized carbons (Fsp3) is 0.444. The maximum atomic E-state index is 12.8. The molecule has 0 atom stereocenters. The van der Waals surface area contributed by atoms with Crippen molar-refractivity contribution in [3.63, 3.8) is 0 Å². The summed E-state index contributed by atoms with van der Waals surface area (Å²) in [7, 11) is 0. The first-order chi connectivity index (χ1) is 15.5. The number of nitrogens with one attached hydrogen (secondary N) is 3. The molecule has 0 radical (unpaired) electrons. The fourth-order valence-electron chi connectivity index (χ4n) is 4.24. The van der Waals surface area contributed by atoms with Gasteiger partial charge in [0.2, 0.25) is 0 Å². The van der Waals surface area contributed by atoms with Gasteiger partial charge in [0.25, 0.3) is 5.91 Å². The Labute approximate surface area is 198 Å². The fourth-order valence-corrected chi connectivity index (χ4v) is 4.24. The van der Waals surface area contributed by atoms with E-state index in [1.165, 1.54) is 0 Å². The summed E-state index contributed by atoms with van der Waals surface area (Å²) in [6, 6.07) is 5.72. The smallest absolute Gasteiger partial charge is 0.256 e. The highest BCUT2D eigenvalue weighted by Gasteiger charge is 2.26. The van der Waals surface area contributed by atoms with E-state index < -0.39 is 0 Å². The minimum atomic E-state index is -0.311. The number of carbonyl (C=O) groups is 1. The molecule has 1 amide bonds. The van der Waals surface area contributed by atoms with E-state index in [1.807, 2.05) is 52.0 Å². The number of likely N-dealkylation sites (N-methyl/N-ethyl adjacent to an activating group) is 1. The van der Waals surface area contributed by atoms with Crippen molar-refractivity contribution in [2.75, 3.05) is 31.5 Å². The van der Waals surface area contributed by atoms with Crippen LogP contribution in [-0.4, -0.2) is 47.6 Å². The highest BCUT2D eigenvalue weighted by Crippen LogP contribution is 2.37. The lowest BCUT2D eigenvalue weighted by molar-refractivity contribution is -0.110. The normalized spacial score (nSPS) is 14.5. The third kappa shape index (κ3) is 5.69. The summed E-state index contributed by atoms with van der Waals surface area (Å²) < 4.78 is 6.01. The van der Waals surface area contributed by atoms with Crippen LogP contribution in [0.3, 0.4) is 0 Å². The van der Waals surface area contributed by atoms with Crippen LogP contribution in [0, 0.1) is 13.8 Å². The maximum absolute atomic E-state index is 12.8. The number of aryl methyl sites for hydroxylation is 1. The third-order valence-electron chi connectivity index (χ3n) is 5.93. The third-order valence-corrected chi connectivity index (χ3v) is 5.93. The summed E-state index contributed by atoms with van der Waals surface area (Å²) in [6.07, 6.45) is 1.93. The largest absolute Gasteiger partial charge is 0.488 e. The average Bonchev–Trinajstić information content (AvgIpc) is 3.19. The van der Waals surface area contributed by atoms with E-state index in [9.17, 15) is 4.79 Å². The van der Waals surface area contributed by atoms with Crippen LogP contribution in [0.4, 0.5) is 5.69 Å². The first-order valence-corrected chi connectivity index (χ1v) is 11.7. The molecule has 0 spiro atoms. The molecule has 2 heterocycles. The molecule has 33 heavy (non-hydrogen) atoms. The lowest BCUT2D eigenvalue weighted by Crippen LogP contribution is -2.31. The Morgan fingerprint density at radius 2 is 1.91 bits per heavy atom. The summed E-state index contributed by atoms with van der Waals surface area (Å²) in [5.41, 5.74) is 6.96. The topological polar surface area (TPSA) is 69.4 Å². The number of ether oxygens (including phenoxy) is 1. The molecule has 0 saturated carbocycles. The van der Waals surface area contributed by atoms with Crippen LogP contribution in [0.5, 0.6) is 5.75 Å². The number of aromatic nitrogens is 1. The Hall–Kier alpha value is -2.99. The van der Waals surface area contributed by atoms with Gasteiger partial charge in [0, 0.05) is 47.0 Å². The summed E-state index contributed by atoms with van der Waals surface area (Å²) in [5, 5.41) is 6.43. The van der Waals surface area contributed by atoms with E-state index in [0.29, 0.717) is 5.57 Å². The van der Waals surface area contributed by atoms with Gasteiger partial charge < -0.3 is 25.3 Å². The average molecular weight is 451 g/mol. The highest BCUT2D eigenvalue weighted by molar-refractivity contribution is 6.35. The van der Waals surface area contributed by atoms with Crippen molar-refractivity contribution in [2.45, 2.75) is 54.1 Å². The van der Waals surface area contributed by atoms with E-state index in [4.69, 9.17) is 4.74 Å². The summed E-state index contributed by atoms with van der Waals surface area (Å²) in [6.45, 7) is 22.6. The van der Waals surface area contributed by atoms with Crippen LogP contribution in [0.25, 0.3) is 17.3 Å². The zero-order valence-electron chi connectivity index (χ0n) is 21.1. The number of benzene rings is 1. The van der Waals surface area contributed by atoms with Crippen molar-refractivity contribution in [3.05, 3.63) is 52.9 Å². The number of H-pyrrole nitrogens is 1. The Kier molecular flexibility index (Phi) is 7.38. The molecule has 1 aromatic carbocycles. The van der Waals surface area contributed by atoms with Crippen LogP contribution in [0.2, 0.25) is 0 Å². The molecule has 1 aliphatic heterocycles. The summed E-state index contributed by atoms with van der Waals surface area (Å²) in [5.74, 6) is 0.636. The molecule has 0 saturated heterocycles. The SMILES string of the molecule is C=C(NCCN(CC)CC)c1c(C)[nH]c(/C=C2\C(=O)Nc3ccc(OC(C)(C)C)cc32)c1C. The second kappa shape index (κ2) is 9.87. The molecule has 0 aliphatic carbocycles. The first-order valence-electron chi connectivity index (χ1n) is 11.7. The van der Waals surface area contributed by atoms with Gasteiger partial charge in [0.05, 0.1) is 5.57 Å². The molecular formula is C27H38N4O2. The van der Waals surface area contributed by atoms with E-state index in [2.05, 4.69) is 47.9 Å². The predicted molar refractivity (Wildman–Crippen MR) is 138 cm³/mol. The lowest BCUT2D eigenvalue weighted by atomic mass is 10.0. The van der Waals surface area contributed by atoms with Gasteiger partial charge in [-0.3, -0.25) is 4.79 Å². The zero-order valence-corrected chi connectivity index (χ0v) is 21.1. The zero-order chi connectivity index (χ0) is 24.3. The van der Waals surface area contributed by atoms with Gasteiger partial charge >= 0.3 is 0 Å². The number of hydrogen-bond acceptors (Lipinski definition) is 4. The van der Waals surface area contributed by atoms with Crippen LogP contribution in [-0.2, 0) is 4.79 Å². The van der Waals surface area contributed by atoms with Crippen LogP contribution in [0.15, 0.2) is 24.8 Å². The number of rotatable bonds is 9. The molecule has 6 heteroatoms. The minimum absolute atomic E-state index is 0.109. The molecule has 1 aliphatic rings. The molecule has 2 aromatic rings. The number of anilines is 1. The van der Waals surface area contributed by atoms with Gasteiger partial charge in [0.15, 0.2) is 0 Å². The Balaban J connectivity index is 1.86. The van der Waals surface area contributed by atoms with E-state index >= 15 is 0 Å². The van der Waals surface area contributed by atoms with Crippen LogP contribution in [0.1, 0.15) is 62.7 Å². The van der Waals surface area contributed by atoms with Gasteiger partial charge in [-0.2, -0.15) is 0 Å². The summed E-state index contributed by atoms with van der Waals surface area (Å²) in [4.78, 5) is 18.6. The second-order valence-electron chi connectivity index (χ2n) is 9.53. The van der Waals surface area contributed by atoms with Gasteiger partial charge in [0.1, 0.15) is 11.4 Å². The molecular weight excluding hydrogens is 412 g/mol. The number of amides is 1. The van der Waals surface area contributed by atoms with Gasteiger partial charge in [-0.15, -0.1) is 0 Å². The standard InChI is InChI=1S/C27H38N4O2/c1-9-31(10-2)14-13-28-18(4)25-17(3)24(29-19(25)5)16-22-21-15-20(33-27(6,7)8)11-12-23(21)30-26(22)32/h11-12,15-16,28-29H,4,9-10,13-14H2,1-3,5-8H3,(H,30,32)/b22-16-. The van der Waals surface area contributed by atoms with E-state index in [-0.39, 0.29) is 11.5 Å². The number of carbonyl (C=O) groups excluding carboxylic acids is 1. The van der Waals surface area contributed by atoms with Crippen molar-refractivity contribution < 1.29 is 9.53 Å². The predicted octanol–water partition coefficient (Wildman–Crippen LogP) is 5.20. The van der Waals surface area contributed by atoms with Crippen molar-refractivity contribution >= 4 is 28.9 Å². The number of fused-ring (bicyclic) bond motifs is 1. The number of aromatic amines is 1. The maximum Gasteiger partial charge on any atom is 0.256 e. The van der Waals surface area contributed by atoms with Crippen molar-refractivity contribution in [2.24, 2.45) is 0 Å². The molecule has 0 fully saturated rings. The lowest BCUT2D eigenvalue weighted by Gasteiger charge is -2.21. The van der Waals surface area contributed by atoms with Crippen LogP contribution >= 0.6 is 0 Å². The second-order valence-corrected chi connectivity index (χ2v) is 9.53. The quantitative estimate of drug-likeness (QED) is 0.459. The Morgan fingerprint density at radius 1 is 1.21 bits per heavy atom. The van der Waals surface area contributed by atoms with Crippen LogP contribution < -0.4 is 15.4 Å². The molecule has 3 N–H and O–H groups in total.